The van der Waals surface area contributed by atoms with Crippen LogP contribution < -0.4 is 21.2 Å². The molecule has 0 fully saturated rings. The summed E-state index contributed by atoms with van der Waals surface area (Å²) in [5, 5.41) is 4.74. The van der Waals surface area contributed by atoms with Crippen LogP contribution in [0.1, 0.15) is 37.4 Å². The van der Waals surface area contributed by atoms with E-state index < -0.39 is 16.3 Å². The quantitative estimate of drug-likeness (QED) is 0.176. The highest BCUT2D eigenvalue weighted by atomic mass is 31.1. The van der Waals surface area contributed by atoms with Gasteiger partial charge in [-0.3, -0.25) is 4.98 Å². The van der Waals surface area contributed by atoms with Crippen LogP contribution in [-0.2, 0) is 9.05 Å². The minimum atomic E-state index is -0.981. The number of hydrogen-bond donors (Lipinski definition) is 0. The summed E-state index contributed by atoms with van der Waals surface area (Å²) in [5.41, 5.74) is 1.81. The van der Waals surface area contributed by atoms with Crippen molar-refractivity contribution in [2.75, 3.05) is 0 Å². The molecule has 0 saturated heterocycles. The number of nitrogens with zero attached hydrogens (tertiary/aromatic N) is 1. The first-order valence-corrected chi connectivity index (χ1v) is 15.3. The third-order valence-electron chi connectivity index (χ3n) is 6.12. The van der Waals surface area contributed by atoms with Crippen molar-refractivity contribution in [1.29, 1.82) is 0 Å². The molecular weight excluding hydrogens is 504 g/mol. The van der Waals surface area contributed by atoms with E-state index in [4.69, 9.17) is 14.0 Å². The van der Waals surface area contributed by atoms with Crippen molar-refractivity contribution >= 4 is 37.5 Å². The largest absolute Gasteiger partial charge is 0.340 e. The SMILES string of the molecule is C[C@H](OP(c1ccccc1)c1ccccc1)c1cccc([C@H](C)OP(c2ccccc2)c2ccccc2)n1. The Morgan fingerprint density at radius 3 is 1.00 bits per heavy atom. The number of benzene rings is 4. The fraction of sp³-hybridized carbons (Fsp3) is 0.121. The van der Waals surface area contributed by atoms with Crippen LogP contribution in [0.2, 0.25) is 0 Å². The van der Waals surface area contributed by atoms with Crippen molar-refractivity contribution < 1.29 is 9.05 Å². The molecule has 0 bridgehead atoms. The van der Waals surface area contributed by atoms with Crippen molar-refractivity contribution in [3.8, 4) is 0 Å². The Kier molecular flexibility index (Phi) is 9.07. The Labute approximate surface area is 228 Å². The van der Waals surface area contributed by atoms with Gasteiger partial charge < -0.3 is 9.05 Å². The lowest BCUT2D eigenvalue weighted by molar-refractivity contribution is 0.242. The molecule has 0 amide bonds. The lowest BCUT2D eigenvalue weighted by atomic mass is 10.2. The van der Waals surface area contributed by atoms with Crippen LogP contribution in [0.25, 0.3) is 0 Å². The normalized spacial score (nSPS) is 12.9. The fourth-order valence-electron chi connectivity index (χ4n) is 4.14. The van der Waals surface area contributed by atoms with Crippen LogP contribution in [0.3, 0.4) is 0 Å². The van der Waals surface area contributed by atoms with Gasteiger partial charge in [-0.05, 0) is 26.0 Å². The molecule has 0 aliphatic rings. The topological polar surface area (TPSA) is 31.4 Å². The molecule has 1 heterocycles. The van der Waals surface area contributed by atoms with Gasteiger partial charge >= 0.3 is 0 Å². The monoisotopic (exact) mass is 535 g/mol. The minimum Gasteiger partial charge on any atom is -0.340 e. The summed E-state index contributed by atoms with van der Waals surface area (Å²) >= 11 is 0. The summed E-state index contributed by atoms with van der Waals surface area (Å²) in [6, 6.07) is 47.9. The summed E-state index contributed by atoms with van der Waals surface area (Å²) in [5.74, 6) is 0. The molecule has 1 aromatic heterocycles. The average Bonchev–Trinajstić information content (AvgIpc) is 3.00. The predicted octanol–water partition coefficient (Wildman–Crippen LogP) is 7.33. The van der Waals surface area contributed by atoms with E-state index in [-0.39, 0.29) is 12.2 Å². The van der Waals surface area contributed by atoms with Gasteiger partial charge in [-0.2, -0.15) is 0 Å². The van der Waals surface area contributed by atoms with Crippen LogP contribution in [0.4, 0.5) is 0 Å². The highest BCUT2D eigenvalue weighted by Crippen LogP contribution is 2.42. The van der Waals surface area contributed by atoms with E-state index >= 15 is 0 Å². The Morgan fingerprint density at radius 2 is 0.711 bits per heavy atom. The maximum atomic E-state index is 6.73. The van der Waals surface area contributed by atoms with Gasteiger partial charge in [-0.1, -0.05) is 127 Å². The molecule has 0 radical (unpaired) electrons. The molecule has 0 spiro atoms. The summed E-state index contributed by atoms with van der Waals surface area (Å²) in [6.07, 6.45) is -0.364. The molecule has 5 aromatic rings. The van der Waals surface area contributed by atoms with E-state index in [1.807, 2.05) is 36.4 Å². The zero-order valence-electron chi connectivity index (χ0n) is 21.6. The van der Waals surface area contributed by atoms with Gasteiger partial charge in [0.05, 0.1) is 27.7 Å². The maximum absolute atomic E-state index is 6.73. The van der Waals surface area contributed by atoms with Gasteiger partial charge in [0, 0.05) is 21.2 Å². The first-order chi connectivity index (χ1) is 18.7. The molecular formula is C33H31NO2P2. The van der Waals surface area contributed by atoms with Crippen molar-refractivity contribution in [3.05, 3.63) is 151 Å². The second-order valence-electron chi connectivity index (χ2n) is 8.91. The van der Waals surface area contributed by atoms with E-state index in [2.05, 4.69) is 117 Å². The number of hydrogen-bond acceptors (Lipinski definition) is 3. The smallest absolute Gasteiger partial charge is 0.102 e. The average molecular weight is 536 g/mol. The number of aromatic nitrogens is 1. The van der Waals surface area contributed by atoms with Crippen LogP contribution in [0.5, 0.6) is 0 Å². The second kappa shape index (κ2) is 13.1. The molecule has 5 rings (SSSR count). The Balaban J connectivity index is 1.37. The van der Waals surface area contributed by atoms with Crippen LogP contribution in [0.15, 0.2) is 140 Å². The lowest BCUT2D eigenvalue weighted by Gasteiger charge is -2.25. The fourth-order valence-corrected chi connectivity index (χ4v) is 7.84. The van der Waals surface area contributed by atoms with Gasteiger partial charge in [0.1, 0.15) is 12.2 Å². The van der Waals surface area contributed by atoms with Crippen LogP contribution in [0, 0.1) is 0 Å². The molecule has 0 N–H and O–H groups in total. The first-order valence-electron chi connectivity index (χ1n) is 12.8. The number of rotatable bonds is 10. The molecule has 4 aromatic carbocycles. The van der Waals surface area contributed by atoms with Crippen molar-refractivity contribution in [1.82, 2.24) is 4.98 Å². The number of pyridine rings is 1. The molecule has 0 aliphatic heterocycles. The van der Waals surface area contributed by atoms with E-state index in [0.717, 1.165) is 11.4 Å². The molecule has 0 unspecified atom stereocenters. The molecule has 5 heteroatoms. The van der Waals surface area contributed by atoms with Crippen LogP contribution >= 0.6 is 16.3 Å². The summed E-state index contributed by atoms with van der Waals surface area (Å²) in [7, 11) is -1.96. The molecule has 0 saturated carbocycles. The van der Waals surface area contributed by atoms with Gasteiger partial charge in [0.15, 0.2) is 0 Å². The van der Waals surface area contributed by atoms with Gasteiger partial charge in [0.2, 0.25) is 0 Å². The molecule has 3 nitrogen and oxygen atoms in total. The lowest BCUT2D eigenvalue weighted by Crippen LogP contribution is -2.17. The van der Waals surface area contributed by atoms with Crippen molar-refractivity contribution in [2.45, 2.75) is 26.1 Å². The van der Waals surface area contributed by atoms with Gasteiger partial charge in [-0.25, -0.2) is 0 Å². The molecule has 2 atom stereocenters. The first kappa shape index (κ1) is 26.4. The summed E-state index contributed by atoms with van der Waals surface area (Å²) in [6.45, 7) is 4.17. The van der Waals surface area contributed by atoms with E-state index in [9.17, 15) is 0 Å². The summed E-state index contributed by atoms with van der Waals surface area (Å²) < 4.78 is 13.5. The highest BCUT2D eigenvalue weighted by Gasteiger charge is 2.23. The van der Waals surface area contributed by atoms with E-state index in [1.165, 1.54) is 21.2 Å². The third kappa shape index (κ3) is 6.62. The van der Waals surface area contributed by atoms with Gasteiger partial charge in [-0.15, -0.1) is 0 Å². The predicted molar refractivity (Wildman–Crippen MR) is 161 cm³/mol. The van der Waals surface area contributed by atoms with Gasteiger partial charge in [0.25, 0.3) is 0 Å². The van der Waals surface area contributed by atoms with E-state index in [1.54, 1.807) is 0 Å². The molecule has 38 heavy (non-hydrogen) atoms. The Hall–Kier alpha value is -3.19. The van der Waals surface area contributed by atoms with Crippen molar-refractivity contribution in [3.63, 3.8) is 0 Å². The zero-order chi connectivity index (χ0) is 26.2. The maximum Gasteiger partial charge on any atom is 0.102 e. The highest BCUT2D eigenvalue weighted by molar-refractivity contribution is 7.68. The van der Waals surface area contributed by atoms with Crippen LogP contribution in [-0.4, -0.2) is 4.98 Å². The minimum absolute atomic E-state index is 0.182. The summed E-state index contributed by atoms with van der Waals surface area (Å²) in [4.78, 5) is 5.02. The Bertz CT molecular complexity index is 1220. The molecule has 0 aliphatic carbocycles. The Morgan fingerprint density at radius 1 is 0.421 bits per heavy atom. The zero-order valence-corrected chi connectivity index (χ0v) is 23.4. The standard InChI is InChI=1S/C33H31NO2P2/c1-26(35-37(28-16-7-3-8-17-28)29-18-9-4-10-19-29)32-24-15-25-33(34-32)27(2)36-38(30-20-11-5-12-21-30)31-22-13-6-14-23-31/h3-27H,1-2H3/t26-,27-/m0/s1. The molecule has 190 valence electrons. The van der Waals surface area contributed by atoms with Crippen molar-refractivity contribution in [2.24, 2.45) is 0 Å². The third-order valence-corrected chi connectivity index (χ3v) is 10.2. The van der Waals surface area contributed by atoms with E-state index in [0.29, 0.717) is 0 Å². The second-order valence-corrected chi connectivity index (χ2v) is 12.6.